The van der Waals surface area contributed by atoms with E-state index in [2.05, 4.69) is 5.32 Å². The summed E-state index contributed by atoms with van der Waals surface area (Å²) in [5.41, 5.74) is 2.22. The van der Waals surface area contributed by atoms with E-state index in [1.807, 2.05) is 48.2 Å². The van der Waals surface area contributed by atoms with Crippen LogP contribution in [0.3, 0.4) is 0 Å². The number of anilines is 1. The third-order valence-electron chi connectivity index (χ3n) is 4.67. The zero-order valence-corrected chi connectivity index (χ0v) is 12.4. The van der Waals surface area contributed by atoms with Crippen LogP contribution in [0.5, 0.6) is 0 Å². The van der Waals surface area contributed by atoms with Gasteiger partial charge in [-0.3, -0.25) is 4.79 Å². The molecular formula is C16H23N3O. The molecule has 4 nitrogen and oxygen atoms in total. The number of carbonyl (C=O) groups excluding carboxylic acids is 1. The second kappa shape index (κ2) is 5.09. The lowest BCUT2D eigenvalue weighted by atomic mass is 9.86. The predicted octanol–water partition coefficient (Wildman–Crippen LogP) is 1.58. The fraction of sp³-hybridized carbons (Fsp3) is 0.562. The third kappa shape index (κ3) is 2.40. The summed E-state index contributed by atoms with van der Waals surface area (Å²) in [5.74, 6) is 0.178. The maximum atomic E-state index is 12.6. The summed E-state index contributed by atoms with van der Waals surface area (Å²) in [7, 11) is 4.00. The molecule has 1 spiro atoms. The quantitative estimate of drug-likeness (QED) is 0.888. The Bertz CT molecular complexity index is 506. The highest BCUT2D eigenvalue weighted by atomic mass is 16.2. The molecule has 4 heteroatoms. The Hall–Kier alpha value is -1.55. The third-order valence-corrected chi connectivity index (χ3v) is 4.67. The largest absolute Gasteiger partial charge is 0.378 e. The van der Waals surface area contributed by atoms with E-state index < -0.39 is 0 Å². The van der Waals surface area contributed by atoms with Crippen molar-refractivity contribution in [3.63, 3.8) is 0 Å². The van der Waals surface area contributed by atoms with E-state index in [4.69, 9.17) is 0 Å². The van der Waals surface area contributed by atoms with Gasteiger partial charge in [-0.25, -0.2) is 0 Å². The van der Waals surface area contributed by atoms with Crippen LogP contribution in [0, 0.1) is 5.41 Å². The molecule has 1 amide bonds. The zero-order chi connectivity index (χ0) is 14.2. The van der Waals surface area contributed by atoms with E-state index in [0.717, 1.165) is 43.9 Å². The molecule has 1 N–H and O–H groups in total. The molecule has 0 saturated carbocycles. The molecule has 1 unspecified atom stereocenters. The maximum absolute atomic E-state index is 12.6. The van der Waals surface area contributed by atoms with Crippen LogP contribution < -0.4 is 10.2 Å². The lowest BCUT2D eigenvalue weighted by Crippen LogP contribution is -2.33. The van der Waals surface area contributed by atoms with Gasteiger partial charge in [0.15, 0.2) is 0 Å². The summed E-state index contributed by atoms with van der Waals surface area (Å²) < 4.78 is 0. The first-order chi connectivity index (χ1) is 9.60. The van der Waals surface area contributed by atoms with Gasteiger partial charge in [0.1, 0.15) is 0 Å². The van der Waals surface area contributed by atoms with E-state index >= 15 is 0 Å². The van der Waals surface area contributed by atoms with Crippen LogP contribution in [-0.4, -0.2) is 51.1 Å². The SMILES string of the molecule is CN(C)c1cccc(C(=O)N2CCC3(CCNC3)C2)c1. The number of hydrogen-bond donors (Lipinski definition) is 1. The van der Waals surface area contributed by atoms with Gasteiger partial charge < -0.3 is 15.1 Å². The van der Waals surface area contributed by atoms with Gasteiger partial charge in [-0.2, -0.15) is 0 Å². The van der Waals surface area contributed by atoms with Crippen LogP contribution in [0.25, 0.3) is 0 Å². The summed E-state index contributed by atoms with van der Waals surface area (Å²) in [6.45, 7) is 3.96. The average molecular weight is 273 g/mol. The molecule has 2 aliphatic rings. The van der Waals surface area contributed by atoms with Gasteiger partial charge in [-0.15, -0.1) is 0 Å². The Morgan fingerprint density at radius 1 is 1.35 bits per heavy atom. The van der Waals surface area contributed by atoms with Crippen LogP contribution >= 0.6 is 0 Å². The lowest BCUT2D eigenvalue weighted by Gasteiger charge is -2.23. The normalized spacial score (nSPS) is 25.4. The monoisotopic (exact) mass is 273 g/mol. The van der Waals surface area contributed by atoms with Crippen molar-refractivity contribution >= 4 is 11.6 Å². The maximum Gasteiger partial charge on any atom is 0.253 e. The van der Waals surface area contributed by atoms with E-state index in [1.54, 1.807) is 0 Å². The fourth-order valence-electron chi connectivity index (χ4n) is 3.35. The Balaban J connectivity index is 1.75. The van der Waals surface area contributed by atoms with Crippen molar-refractivity contribution in [3.8, 4) is 0 Å². The number of likely N-dealkylation sites (tertiary alicyclic amines) is 1. The lowest BCUT2D eigenvalue weighted by molar-refractivity contribution is 0.0776. The smallest absolute Gasteiger partial charge is 0.253 e. The van der Waals surface area contributed by atoms with Gasteiger partial charge in [0, 0.05) is 50.4 Å². The summed E-state index contributed by atoms with van der Waals surface area (Å²) >= 11 is 0. The van der Waals surface area contributed by atoms with Gasteiger partial charge in [0.2, 0.25) is 0 Å². The van der Waals surface area contributed by atoms with Crippen LogP contribution in [0.2, 0.25) is 0 Å². The first-order valence-electron chi connectivity index (χ1n) is 7.37. The second-order valence-corrected chi connectivity index (χ2v) is 6.35. The minimum atomic E-state index is 0.178. The van der Waals surface area contributed by atoms with Crippen molar-refractivity contribution in [1.29, 1.82) is 0 Å². The van der Waals surface area contributed by atoms with E-state index in [-0.39, 0.29) is 5.91 Å². The molecule has 0 aromatic heterocycles. The molecule has 108 valence electrons. The van der Waals surface area contributed by atoms with Gasteiger partial charge in [0.25, 0.3) is 5.91 Å². The van der Waals surface area contributed by atoms with E-state index in [1.165, 1.54) is 6.42 Å². The van der Waals surface area contributed by atoms with Gasteiger partial charge >= 0.3 is 0 Å². The number of amides is 1. The van der Waals surface area contributed by atoms with Crippen molar-refractivity contribution in [2.24, 2.45) is 5.41 Å². The molecule has 0 bridgehead atoms. The zero-order valence-electron chi connectivity index (χ0n) is 12.4. The molecule has 3 rings (SSSR count). The van der Waals surface area contributed by atoms with Crippen LogP contribution in [0.1, 0.15) is 23.2 Å². The molecule has 20 heavy (non-hydrogen) atoms. The van der Waals surface area contributed by atoms with Crippen LogP contribution in [-0.2, 0) is 0 Å². The predicted molar refractivity (Wildman–Crippen MR) is 81.2 cm³/mol. The number of nitrogens with one attached hydrogen (secondary N) is 1. The Labute approximate surface area is 120 Å². The van der Waals surface area contributed by atoms with Crippen molar-refractivity contribution in [1.82, 2.24) is 10.2 Å². The van der Waals surface area contributed by atoms with Crippen molar-refractivity contribution in [2.45, 2.75) is 12.8 Å². The standard InChI is InChI=1S/C16H23N3O/c1-18(2)14-5-3-4-13(10-14)15(20)19-9-7-16(12-19)6-8-17-11-16/h3-5,10,17H,6-9,11-12H2,1-2H3. The van der Waals surface area contributed by atoms with Crippen molar-refractivity contribution in [2.75, 3.05) is 45.2 Å². The van der Waals surface area contributed by atoms with Crippen LogP contribution in [0.15, 0.2) is 24.3 Å². The number of carbonyl (C=O) groups is 1. The molecule has 1 atom stereocenters. The van der Waals surface area contributed by atoms with Gasteiger partial charge in [0.05, 0.1) is 0 Å². The van der Waals surface area contributed by atoms with Crippen molar-refractivity contribution in [3.05, 3.63) is 29.8 Å². The van der Waals surface area contributed by atoms with E-state index in [0.29, 0.717) is 5.41 Å². The summed E-state index contributed by atoms with van der Waals surface area (Å²) in [5, 5.41) is 3.43. The molecular weight excluding hydrogens is 250 g/mol. The summed E-state index contributed by atoms with van der Waals surface area (Å²) in [4.78, 5) is 16.7. The highest BCUT2D eigenvalue weighted by Gasteiger charge is 2.41. The highest BCUT2D eigenvalue weighted by molar-refractivity contribution is 5.95. The number of benzene rings is 1. The first-order valence-corrected chi connectivity index (χ1v) is 7.37. The Morgan fingerprint density at radius 2 is 2.20 bits per heavy atom. The molecule has 2 heterocycles. The Morgan fingerprint density at radius 3 is 2.90 bits per heavy atom. The van der Waals surface area contributed by atoms with Crippen LogP contribution in [0.4, 0.5) is 5.69 Å². The molecule has 0 aliphatic carbocycles. The molecule has 2 fully saturated rings. The summed E-state index contributed by atoms with van der Waals surface area (Å²) in [6.07, 6.45) is 2.34. The number of hydrogen-bond acceptors (Lipinski definition) is 3. The molecule has 2 saturated heterocycles. The molecule has 0 radical (unpaired) electrons. The first kappa shape index (κ1) is 13.4. The molecule has 1 aromatic carbocycles. The van der Waals surface area contributed by atoms with Gasteiger partial charge in [-0.05, 0) is 37.6 Å². The van der Waals surface area contributed by atoms with E-state index in [9.17, 15) is 4.79 Å². The fourth-order valence-corrected chi connectivity index (χ4v) is 3.35. The second-order valence-electron chi connectivity index (χ2n) is 6.35. The molecule has 2 aliphatic heterocycles. The minimum absolute atomic E-state index is 0.178. The number of rotatable bonds is 2. The minimum Gasteiger partial charge on any atom is -0.378 e. The summed E-state index contributed by atoms with van der Waals surface area (Å²) in [6, 6.07) is 7.90. The molecule has 1 aromatic rings. The van der Waals surface area contributed by atoms with Gasteiger partial charge in [-0.1, -0.05) is 6.07 Å². The Kier molecular flexibility index (Phi) is 3.42. The highest BCUT2D eigenvalue weighted by Crippen LogP contribution is 2.36. The topological polar surface area (TPSA) is 35.6 Å². The average Bonchev–Trinajstić information content (AvgIpc) is 3.09. The number of nitrogens with zero attached hydrogens (tertiary/aromatic N) is 2. The van der Waals surface area contributed by atoms with Crippen molar-refractivity contribution < 1.29 is 4.79 Å².